The highest BCUT2D eigenvalue weighted by molar-refractivity contribution is 9.10. The molecule has 1 fully saturated rings. The van der Waals surface area contributed by atoms with Gasteiger partial charge in [0.1, 0.15) is 0 Å². The van der Waals surface area contributed by atoms with Crippen LogP contribution in [-0.2, 0) is 11.3 Å². The van der Waals surface area contributed by atoms with Crippen molar-refractivity contribution in [2.24, 2.45) is 0 Å². The third-order valence-corrected chi connectivity index (χ3v) is 4.19. The molecule has 2 heterocycles. The van der Waals surface area contributed by atoms with Crippen molar-refractivity contribution in [3.63, 3.8) is 0 Å². The van der Waals surface area contributed by atoms with E-state index in [9.17, 15) is 5.11 Å². The maximum Gasteiger partial charge on any atom is 0.0948 e. The summed E-state index contributed by atoms with van der Waals surface area (Å²) in [5.41, 5.74) is 0. The number of halogens is 1. The Morgan fingerprint density at radius 2 is 2.50 bits per heavy atom. The van der Waals surface area contributed by atoms with Crippen LogP contribution in [0.15, 0.2) is 15.9 Å². The van der Waals surface area contributed by atoms with E-state index in [0.29, 0.717) is 13.2 Å². The van der Waals surface area contributed by atoms with Gasteiger partial charge in [-0.3, -0.25) is 0 Å². The molecule has 1 saturated heterocycles. The number of rotatable bonds is 3. The standard InChI is InChI=1S/C9H12BrNO2S/c10-6-1-2-14-9(6)3-11-7-4-13-5-8(7)12/h1-2,7-8,11-12H,3-5H2. The number of aliphatic hydroxyl groups excluding tert-OH is 1. The molecule has 2 atom stereocenters. The van der Waals surface area contributed by atoms with Gasteiger partial charge in [0.25, 0.3) is 0 Å². The van der Waals surface area contributed by atoms with Crippen LogP contribution in [0.5, 0.6) is 0 Å². The lowest BCUT2D eigenvalue weighted by molar-refractivity contribution is 0.122. The average Bonchev–Trinajstić information content (AvgIpc) is 2.72. The summed E-state index contributed by atoms with van der Waals surface area (Å²) in [6.07, 6.45) is -0.367. The van der Waals surface area contributed by atoms with Gasteiger partial charge in [-0.15, -0.1) is 11.3 Å². The molecule has 0 radical (unpaired) electrons. The first-order chi connectivity index (χ1) is 6.77. The van der Waals surface area contributed by atoms with Crippen molar-refractivity contribution in [1.29, 1.82) is 0 Å². The molecule has 0 aromatic carbocycles. The van der Waals surface area contributed by atoms with Crippen molar-refractivity contribution >= 4 is 27.3 Å². The van der Waals surface area contributed by atoms with Gasteiger partial charge in [0.2, 0.25) is 0 Å². The van der Waals surface area contributed by atoms with E-state index in [0.717, 1.165) is 11.0 Å². The van der Waals surface area contributed by atoms with E-state index >= 15 is 0 Å². The predicted molar refractivity (Wildman–Crippen MR) is 59.5 cm³/mol. The Morgan fingerprint density at radius 3 is 3.07 bits per heavy atom. The minimum atomic E-state index is -0.367. The second-order valence-corrected chi connectivity index (χ2v) is 5.14. The molecule has 2 rings (SSSR count). The molecule has 0 bridgehead atoms. The number of thiophene rings is 1. The van der Waals surface area contributed by atoms with E-state index in [1.165, 1.54) is 4.88 Å². The van der Waals surface area contributed by atoms with E-state index in [-0.39, 0.29) is 12.1 Å². The highest BCUT2D eigenvalue weighted by atomic mass is 79.9. The molecule has 78 valence electrons. The van der Waals surface area contributed by atoms with Crippen LogP contribution in [0, 0.1) is 0 Å². The summed E-state index contributed by atoms with van der Waals surface area (Å²) in [5.74, 6) is 0. The summed E-state index contributed by atoms with van der Waals surface area (Å²) in [5, 5.41) is 14.8. The Balaban J connectivity index is 1.85. The maximum atomic E-state index is 9.49. The van der Waals surface area contributed by atoms with Crippen LogP contribution >= 0.6 is 27.3 Å². The molecule has 2 N–H and O–H groups in total. The fourth-order valence-electron chi connectivity index (χ4n) is 1.41. The summed E-state index contributed by atoms with van der Waals surface area (Å²) >= 11 is 5.17. The van der Waals surface area contributed by atoms with Crippen molar-refractivity contribution in [2.75, 3.05) is 13.2 Å². The molecule has 1 aliphatic rings. The van der Waals surface area contributed by atoms with Gasteiger partial charge in [0, 0.05) is 15.9 Å². The lowest BCUT2D eigenvalue weighted by Crippen LogP contribution is -2.38. The van der Waals surface area contributed by atoms with E-state index < -0.39 is 0 Å². The van der Waals surface area contributed by atoms with Crippen molar-refractivity contribution in [1.82, 2.24) is 5.32 Å². The first-order valence-electron chi connectivity index (χ1n) is 4.48. The van der Waals surface area contributed by atoms with E-state index in [2.05, 4.69) is 21.2 Å². The molecule has 1 aromatic heterocycles. The summed E-state index contributed by atoms with van der Waals surface area (Å²) in [4.78, 5) is 1.25. The third kappa shape index (κ3) is 2.35. The SMILES string of the molecule is OC1COCC1NCc1sccc1Br. The Morgan fingerprint density at radius 1 is 1.64 bits per heavy atom. The maximum absolute atomic E-state index is 9.49. The number of hydrogen-bond acceptors (Lipinski definition) is 4. The summed E-state index contributed by atoms with van der Waals surface area (Å²) in [6, 6.07) is 2.10. The summed E-state index contributed by atoms with van der Waals surface area (Å²) < 4.78 is 6.28. The normalized spacial score (nSPS) is 27.0. The van der Waals surface area contributed by atoms with Gasteiger partial charge in [0.05, 0.1) is 25.4 Å². The van der Waals surface area contributed by atoms with Crippen LogP contribution in [0.4, 0.5) is 0 Å². The Labute approximate surface area is 95.2 Å². The zero-order valence-electron chi connectivity index (χ0n) is 7.57. The van der Waals surface area contributed by atoms with Gasteiger partial charge >= 0.3 is 0 Å². The predicted octanol–water partition coefficient (Wildman–Crippen LogP) is 1.36. The van der Waals surface area contributed by atoms with Gasteiger partial charge in [-0.1, -0.05) is 0 Å². The largest absolute Gasteiger partial charge is 0.389 e. The lowest BCUT2D eigenvalue weighted by Gasteiger charge is -2.13. The van der Waals surface area contributed by atoms with Crippen LogP contribution in [0.3, 0.4) is 0 Å². The molecule has 0 aliphatic carbocycles. The average molecular weight is 278 g/mol. The van der Waals surface area contributed by atoms with Crippen LogP contribution in [0.2, 0.25) is 0 Å². The molecule has 1 aliphatic heterocycles. The van der Waals surface area contributed by atoms with Crippen molar-refractivity contribution in [2.45, 2.75) is 18.7 Å². The second kappa shape index (κ2) is 4.72. The topological polar surface area (TPSA) is 41.5 Å². The Bertz CT molecular complexity index is 305. The minimum absolute atomic E-state index is 0.0731. The highest BCUT2D eigenvalue weighted by Gasteiger charge is 2.25. The second-order valence-electron chi connectivity index (χ2n) is 3.28. The number of aliphatic hydroxyl groups is 1. The van der Waals surface area contributed by atoms with Gasteiger partial charge in [-0.2, -0.15) is 0 Å². The third-order valence-electron chi connectivity index (χ3n) is 2.27. The molecule has 14 heavy (non-hydrogen) atoms. The van der Waals surface area contributed by atoms with Gasteiger partial charge < -0.3 is 15.2 Å². The molecule has 0 saturated carbocycles. The van der Waals surface area contributed by atoms with Crippen LogP contribution in [0.25, 0.3) is 0 Å². The van der Waals surface area contributed by atoms with Gasteiger partial charge in [0.15, 0.2) is 0 Å². The van der Waals surface area contributed by atoms with E-state index in [4.69, 9.17) is 4.74 Å². The highest BCUT2D eigenvalue weighted by Crippen LogP contribution is 2.22. The molecular formula is C9H12BrNO2S. The lowest BCUT2D eigenvalue weighted by atomic mass is 10.2. The Kier molecular flexibility index (Phi) is 3.57. The monoisotopic (exact) mass is 277 g/mol. The first-order valence-corrected chi connectivity index (χ1v) is 6.15. The molecule has 3 nitrogen and oxygen atoms in total. The molecule has 2 unspecified atom stereocenters. The molecule has 5 heteroatoms. The molecule has 0 spiro atoms. The summed E-state index contributed by atoms with van der Waals surface area (Å²) in [6.45, 7) is 1.83. The minimum Gasteiger partial charge on any atom is -0.389 e. The van der Waals surface area contributed by atoms with Crippen molar-refractivity contribution < 1.29 is 9.84 Å². The smallest absolute Gasteiger partial charge is 0.0948 e. The number of nitrogens with one attached hydrogen (secondary N) is 1. The fraction of sp³-hybridized carbons (Fsp3) is 0.556. The quantitative estimate of drug-likeness (QED) is 0.877. The van der Waals surface area contributed by atoms with Crippen LogP contribution < -0.4 is 5.32 Å². The van der Waals surface area contributed by atoms with Gasteiger partial charge in [-0.05, 0) is 27.4 Å². The van der Waals surface area contributed by atoms with Crippen molar-refractivity contribution in [3.8, 4) is 0 Å². The zero-order valence-corrected chi connectivity index (χ0v) is 9.97. The van der Waals surface area contributed by atoms with Gasteiger partial charge in [-0.25, -0.2) is 0 Å². The van der Waals surface area contributed by atoms with E-state index in [1.807, 2.05) is 11.4 Å². The molecule has 1 aromatic rings. The van der Waals surface area contributed by atoms with Crippen LogP contribution in [-0.4, -0.2) is 30.5 Å². The molecule has 0 amide bonds. The molecular weight excluding hydrogens is 266 g/mol. The zero-order chi connectivity index (χ0) is 9.97. The fourth-order valence-corrected chi connectivity index (χ4v) is 2.86. The Hall–Kier alpha value is 0.0600. The number of hydrogen-bond donors (Lipinski definition) is 2. The van der Waals surface area contributed by atoms with Crippen LogP contribution in [0.1, 0.15) is 4.88 Å². The van der Waals surface area contributed by atoms with E-state index in [1.54, 1.807) is 11.3 Å². The first kappa shape index (κ1) is 10.6. The van der Waals surface area contributed by atoms with Crippen molar-refractivity contribution in [3.05, 3.63) is 20.8 Å². The summed E-state index contributed by atoms with van der Waals surface area (Å²) in [7, 11) is 0. The number of ether oxygens (including phenoxy) is 1.